The lowest BCUT2D eigenvalue weighted by atomic mass is 9.93. The van der Waals surface area contributed by atoms with Crippen LogP contribution in [0.1, 0.15) is 40.5 Å². The second kappa shape index (κ2) is 7.74. The normalized spacial score (nSPS) is 25.4. The zero-order chi connectivity index (χ0) is 13.5. The molecule has 1 aliphatic rings. The molecule has 0 aromatic rings. The van der Waals surface area contributed by atoms with Crippen molar-refractivity contribution < 1.29 is 4.79 Å². The number of hydrogen-bond donors (Lipinski definition) is 2. The van der Waals surface area contributed by atoms with Gasteiger partial charge in [-0.05, 0) is 39.2 Å². The highest BCUT2D eigenvalue weighted by molar-refractivity contribution is 5.78. The van der Waals surface area contributed by atoms with Gasteiger partial charge in [0.25, 0.3) is 0 Å². The molecule has 18 heavy (non-hydrogen) atoms. The highest BCUT2D eigenvalue weighted by atomic mass is 16.2. The molecule has 1 rings (SSSR count). The zero-order valence-corrected chi connectivity index (χ0v) is 12.3. The first-order valence-corrected chi connectivity index (χ1v) is 7.28. The van der Waals surface area contributed by atoms with Crippen LogP contribution in [0.4, 0.5) is 0 Å². The first-order valence-electron chi connectivity index (χ1n) is 7.28. The molecule has 0 aliphatic carbocycles. The molecular weight excluding hydrogens is 226 g/mol. The molecule has 1 fully saturated rings. The maximum atomic E-state index is 11.7. The lowest BCUT2D eigenvalue weighted by Gasteiger charge is -2.37. The molecule has 0 spiro atoms. The predicted octanol–water partition coefficient (Wildman–Crippen LogP) is 1.22. The minimum absolute atomic E-state index is 0.150. The molecule has 2 atom stereocenters. The topological polar surface area (TPSA) is 44.4 Å². The van der Waals surface area contributed by atoms with Crippen molar-refractivity contribution in [2.45, 2.75) is 52.6 Å². The van der Waals surface area contributed by atoms with Crippen LogP contribution in [0, 0.1) is 5.92 Å². The van der Waals surface area contributed by atoms with Crippen molar-refractivity contribution in [1.82, 2.24) is 15.5 Å². The molecule has 0 saturated carbocycles. The van der Waals surface area contributed by atoms with Crippen LogP contribution < -0.4 is 10.6 Å². The Morgan fingerprint density at radius 1 is 1.44 bits per heavy atom. The van der Waals surface area contributed by atoms with Crippen LogP contribution >= 0.6 is 0 Å². The summed E-state index contributed by atoms with van der Waals surface area (Å²) in [6, 6.07) is 0.855. The van der Waals surface area contributed by atoms with Crippen LogP contribution in [0.25, 0.3) is 0 Å². The summed E-state index contributed by atoms with van der Waals surface area (Å²) in [5.41, 5.74) is 0. The molecule has 0 aromatic carbocycles. The monoisotopic (exact) mass is 255 g/mol. The van der Waals surface area contributed by atoms with Crippen molar-refractivity contribution in [2.75, 3.05) is 26.2 Å². The van der Waals surface area contributed by atoms with Gasteiger partial charge in [0.15, 0.2) is 0 Å². The van der Waals surface area contributed by atoms with Gasteiger partial charge in [0, 0.05) is 25.2 Å². The fraction of sp³-hybridized carbons (Fsp3) is 0.929. The smallest absolute Gasteiger partial charge is 0.234 e. The van der Waals surface area contributed by atoms with Crippen LogP contribution in [-0.4, -0.2) is 49.1 Å². The maximum Gasteiger partial charge on any atom is 0.234 e. The molecule has 4 nitrogen and oxygen atoms in total. The first kappa shape index (κ1) is 15.4. The average molecular weight is 255 g/mol. The number of nitrogens with zero attached hydrogens (tertiary/aromatic N) is 1. The van der Waals surface area contributed by atoms with Crippen LogP contribution in [0.5, 0.6) is 0 Å². The van der Waals surface area contributed by atoms with E-state index in [1.807, 2.05) is 13.8 Å². The van der Waals surface area contributed by atoms with Crippen molar-refractivity contribution >= 4 is 5.91 Å². The summed E-state index contributed by atoms with van der Waals surface area (Å²) in [5, 5.41) is 6.55. The summed E-state index contributed by atoms with van der Waals surface area (Å²) in [6.07, 6.45) is 2.33. The van der Waals surface area contributed by atoms with Crippen molar-refractivity contribution in [3.05, 3.63) is 0 Å². The minimum Gasteiger partial charge on any atom is -0.353 e. The highest BCUT2D eigenvalue weighted by Crippen LogP contribution is 2.16. The molecule has 0 bridgehead atoms. The van der Waals surface area contributed by atoms with E-state index in [1.165, 1.54) is 6.42 Å². The number of amides is 1. The number of hydrogen-bond acceptors (Lipinski definition) is 3. The Morgan fingerprint density at radius 3 is 2.72 bits per heavy atom. The lowest BCUT2D eigenvalue weighted by molar-refractivity contribution is -0.123. The Labute approximate surface area is 111 Å². The van der Waals surface area contributed by atoms with Crippen LogP contribution in [0.2, 0.25) is 0 Å². The number of nitrogens with one attached hydrogen (secondary N) is 2. The number of rotatable bonds is 6. The summed E-state index contributed by atoms with van der Waals surface area (Å²) < 4.78 is 0. The van der Waals surface area contributed by atoms with E-state index >= 15 is 0 Å². The van der Waals surface area contributed by atoms with Crippen LogP contribution in [-0.2, 0) is 4.79 Å². The van der Waals surface area contributed by atoms with Crippen LogP contribution in [0.3, 0.4) is 0 Å². The second-order valence-electron chi connectivity index (χ2n) is 5.78. The largest absolute Gasteiger partial charge is 0.353 e. The summed E-state index contributed by atoms with van der Waals surface area (Å²) in [5.74, 6) is 0.773. The summed E-state index contributed by atoms with van der Waals surface area (Å²) >= 11 is 0. The Bertz CT molecular complexity index is 255. The maximum absolute atomic E-state index is 11.7. The third kappa shape index (κ3) is 5.36. The average Bonchev–Trinajstić information content (AvgIpc) is 2.26. The molecule has 1 amide bonds. The fourth-order valence-electron chi connectivity index (χ4n) is 2.58. The highest BCUT2D eigenvalue weighted by Gasteiger charge is 2.26. The van der Waals surface area contributed by atoms with E-state index in [4.69, 9.17) is 0 Å². The van der Waals surface area contributed by atoms with E-state index in [-0.39, 0.29) is 11.9 Å². The van der Waals surface area contributed by atoms with Crippen molar-refractivity contribution in [3.63, 3.8) is 0 Å². The molecular formula is C14H29N3O. The van der Waals surface area contributed by atoms with Crippen molar-refractivity contribution in [3.8, 4) is 0 Å². The van der Waals surface area contributed by atoms with Crippen molar-refractivity contribution in [1.29, 1.82) is 0 Å². The quantitative estimate of drug-likeness (QED) is 0.750. The van der Waals surface area contributed by atoms with Gasteiger partial charge >= 0.3 is 0 Å². The molecule has 1 saturated heterocycles. The first-order chi connectivity index (χ1) is 8.52. The van der Waals surface area contributed by atoms with Gasteiger partial charge in [0.05, 0.1) is 6.54 Å². The summed E-state index contributed by atoms with van der Waals surface area (Å²) in [6.45, 7) is 12.2. The molecule has 2 unspecified atom stereocenters. The third-order valence-corrected chi connectivity index (χ3v) is 3.46. The summed E-state index contributed by atoms with van der Waals surface area (Å²) in [7, 11) is 0. The van der Waals surface area contributed by atoms with Crippen molar-refractivity contribution in [2.24, 2.45) is 5.92 Å². The van der Waals surface area contributed by atoms with Gasteiger partial charge in [-0.3, -0.25) is 9.69 Å². The van der Waals surface area contributed by atoms with Gasteiger partial charge in [-0.1, -0.05) is 13.8 Å². The second-order valence-corrected chi connectivity index (χ2v) is 5.78. The van der Waals surface area contributed by atoms with E-state index in [9.17, 15) is 4.79 Å². The number of carbonyl (C=O) groups excluding carboxylic acids is 1. The zero-order valence-electron chi connectivity index (χ0n) is 12.3. The fourth-order valence-corrected chi connectivity index (χ4v) is 2.58. The number of likely N-dealkylation sites (tertiary alicyclic amines) is 1. The number of piperidine rings is 1. The lowest BCUT2D eigenvalue weighted by Crippen LogP contribution is -2.51. The minimum atomic E-state index is 0.150. The van der Waals surface area contributed by atoms with Crippen LogP contribution in [0.15, 0.2) is 0 Å². The van der Waals surface area contributed by atoms with E-state index in [0.717, 1.165) is 26.1 Å². The van der Waals surface area contributed by atoms with Gasteiger partial charge < -0.3 is 10.6 Å². The predicted molar refractivity (Wildman–Crippen MR) is 75.6 cm³/mol. The van der Waals surface area contributed by atoms with E-state index in [0.29, 0.717) is 18.5 Å². The Hall–Kier alpha value is -0.610. The van der Waals surface area contributed by atoms with Gasteiger partial charge in [-0.25, -0.2) is 0 Å². The number of carbonyl (C=O) groups is 1. The Balaban J connectivity index is 2.29. The van der Waals surface area contributed by atoms with Gasteiger partial charge in [0.2, 0.25) is 5.91 Å². The molecule has 2 N–H and O–H groups in total. The Morgan fingerprint density at radius 2 is 2.17 bits per heavy atom. The van der Waals surface area contributed by atoms with E-state index in [2.05, 4.69) is 29.4 Å². The Kier molecular flexibility index (Phi) is 6.65. The third-order valence-electron chi connectivity index (χ3n) is 3.46. The molecule has 0 aromatic heterocycles. The SMILES string of the molecule is CCCNC1CCN(CC(=O)NC(C)C)CC1C. The summed E-state index contributed by atoms with van der Waals surface area (Å²) in [4.78, 5) is 14.0. The van der Waals surface area contributed by atoms with Gasteiger partial charge in [0.1, 0.15) is 0 Å². The molecule has 1 aliphatic heterocycles. The molecule has 1 heterocycles. The standard InChI is InChI=1S/C14H29N3O/c1-5-7-15-13-6-8-17(9-12(13)4)10-14(18)16-11(2)3/h11-13,15H,5-10H2,1-4H3,(H,16,18). The van der Waals surface area contributed by atoms with Gasteiger partial charge in [-0.2, -0.15) is 0 Å². The molecule has 0 radical (unpaired) electrons. The van der Waals surface area contributed by atoms with Gasteiger partial charge in [-0.15, -0.1) is 0 Å². The molecule has 106 valence electrons. The van der Waals surface area contributed by atoms with E-state index < -0.39 is 0 Å². The van der Waals surface area contributed by atoms with E-state index in [1.54, 1.807) is 0 Å². The molecule has 4 heteroatoms.